The quantitative estimate of drug-likeness (QED) is 0.625. The van der Waals surface area contributed by atoms with Gasteiger partial charge in [0.2, 0.25) is 0 Å². The number of nitrogens with two attached hydrogens (primary N) is 1. The summed E-state index contributed by atoms with van der Waals surface area (Å²) in [5.74, 6) is -0.298. The lowest BCUT2D eigenvalue weighted by Crippen LogP contribution is -2.02. The van der Waals surface area contributed by atoms with Gasteiger partial charge in [-0.2, -0.15) is 0 Å². The van der Waals surface area contributed by atoms with E-state index in [-0.39, 0.29) is 5.83 Å². The van der Waals surface area contributed by atoms with Crippen LogP contribution < -0.4 is 5.73 Å². The number of hydrogen-bond acceptors (Lipinski definition) is 1. The van der Waals surface area contributed by atoms with Gasteiger partial charge in [-0.3, -0.25) is 0 Å². The molecule has 1 aliphatic rings. The summed E-state index contributed by atoms with van der Waals surface area (Å²) >= 11 is 3.19. The molecule has 0 aromatic heterocycles. The Hall–Kier alpha value is -0.310. The second-order valence-corrected chi connectivity index (χ2v) is 2.98. The van der Waals surface area contributed by atoms with Crippen LogP contribution in [0.5, 0.6) is 0 Å². The Balaban J connectivity index is 2.83. The van der Waals surface area contributed by atoms with Crippen molar-refractivity contribution in [1.82, 2.24) is 0 Å². The van der Waals surface area contributed by atoms with Gasteiger partial charge in [0.25, 0.3) is 0 Å². The highest BCUT2D eigenvalue weighted by Crippen LogP contribution is 2.24. The molecule has 3 heteroatoms. The normalized spacial score (nSPS) is 20.0. The van der Waals surface area contributed by atoms with Crippen molar-refractivity contribution in [3.05, 3.63) is 22.1 Å². The third-order valence-electron chi connectivity index (χ3n) is 1.22. The minimum absolute atomic E-state index is 0.298. The average Bonchev–Trinajstić information content (AvgIpc) is 1.80. The molecule has 0 fully saturated rings. The molecule has 0 bridgehead atoms. The summed E-state index contributed by atoms with van der Waals surface area (Å²) in [6.45, 7) is 0. The summed E-state index contributed by atoms with van der Waals surface area (Å²) in [6, 6.07) is 0. The second-order valence-electron chi connectivity index (χ2n) is 1.96. The molecule has 0 radical (unpaired) electrons. The van der Waals surface area contributed by atoms with Crippen LogP contribution in [0, 0.1) is 0 Å². The van der Waals surface area contributed by atoms with Gasteiger partial charge in [0, 0.05) is 5.70 Å². The van der Waals surface area contributed by atoms with Crippen LogP contribution in [0.4, 0.5) is 4.39 Å². The highest BCUT2D eigenvalue weighted by atomic mass is 79.9. The van der Waals surface area contributed by atoms with Crippen LogP contribution in [-0.4, -0.2) is 0 Å². The average molecular weight is 192 g/mol. The molecule has 0 aromatic carbocycles. The van der Waals surface area contributed by atoms with Crippen LogP contribution in [0.25, 0.3) is 0 Å². The molecule has 0 aliphatic heterocycles. The van der Waals surface area contributed by atoms with E-state index in [9.17, 15) is 4.39 Å². The molecule has 1 aliphatic carbocycles. The number of halogens is 2. The molecule has 0 saturated heterocycles. The van der Waals surface area contributed by atoms with Gasteiger partial charge in [0.05, 0.1) is 0 Å². The van der Waals surface area contributed by atoms with Crippen molar-refractivity contribution in [2.75, 3.05) is 0 Å². The van der Waals surface area contributed by atoms with Gasteiger partial charge in [-0.25, -0.2) is 4.39 Å². The molecule has 1 rings (SSSR count). The van der Waals surface area contributed by atoms with Gasteiger partial charge in [-0.05, 0) is 23.4 Å². The fourth-order valence-corrected chi connectivity index (χ4v) is 1.08. The Kier molecular flexibility index (Phi) is 1.90. The lowest BCUT2D eigenvalue weighted by molar-refractivity contribution is 0.632. The summed E-state index contributed by atoms with van der Waals surface area (Å²) in [5, 5.41) is 0. The van der Waals surface area contributed by atoms with Crippen molar-refractivity contribution in [2.45, 2.75) is 12.8 Å². The summed E-state index contributed by atoms with van der Waals surface area (Å²) in [6.07, 6.45) is 2.86. The summed E-state index contributed by atoms with van der Waals surface area (Å²) < 4.78 is 13.4. The first-order chi connectivity index (χ1) is 4.20. The fraction of sp³-hybridized carbons (Fsp3) is 0.333. The summed E-state index contributed by atoms with van der Waals surface area (Å²) in [5.41, 5.74) is 5.64. The second kappa shape index (κ2) is 2.52. The van der Waals surface area contributed by atoms with E-state index >= 15 is 0 Å². The van der Waals surface area contributed by atoms with Crippen molar-refractivity contribution in [3.63, 3.8) is 0 Å². The largest absolute Gasteiger partial charge is 0.400 e. The minimum atomic E-state index is -0.298. The predicted octanol–water partition coefficient (Wildman–Crippen LogP) is 2.20. The van der Waals surface area contributed by atoms with Gasteiger partial charge in [-0.1, -0.05) is 15.9 Å². The van der Waals surface area contributed by atoms with E-state index in [2.05, 4.69) is 15.9 Å². The van der Waals surface area contributed by atoms with E-state index in [0.717, 1.165) is 10.9 Å². The highest BCUT2D eigenvalue weighted by Gasteiger charge is 2.07. The Labute approximate surface area is 61.6 Å². The third-order valence-corrected chi connectivity index (χ3v) is 1.85. The Morgan fingerprint density at radius 3 is 2.67 bits per heavy atom. The standard InChI is InChI=1S/C6H7BrFN/c7-4-1-2-6(9)5(8)3-4/h3H,1-2,9H2. The van der Waals surface area contributed by atoms with Crippen molar-refractivity contribution < 1.29 is 4.39 Å². The minimum Gasteiger partial charge on any atom is -0.400 e. The van der Waals surface area contributed by atoms with Gasteiger partial charge in [0.15, 0.2) is 0 Å². The molecular formula is C6H7BrFN. The maximum absolute atomic E-state index is 12.5. The number of hydrogen-bond donors (Lipinski definition) is 1. The Morgan fingerprint density at radius 2 is 2.22 bits per heavy atom. The molecule has 0 atom stereocenters. The van der Waals surface area contributed by atoms with E-state index in [1.54, 1.807) is 0 Å². The van der Waals surface area contributed by atoms with E-state index < -0.39 is 0 Å². The molecule has 0 spiro atoms. The molecule has 50 valence electrons. The molecular weight excluding hydrogens is 185 g/mol. The molecule has 0 unspecified atom stereocenters. The molecule has 2 N–H and O–H groups in total. The zero-order valence-electron chi connectivity index (χ0n) is 4.82. The first kappa shape index (κ1) is 6.81. The van der Waals surface area contributed by atoms with Gasteiger partial charge >= 0.3 is 0 Å². The number of allylic oxidation sites excluding steroid dienone is 4. The van der Waals surface area contributed by atoms with Crippen LogP contribution in [0.15, 0.2) is 22.1 Å². The number of rotatable bonds is 0. The van der Waals surface area contributed by atoms with Gasteiger partial charge in [0.1, 0.15) is 5.83 Å². The maximum atomic E-state index is 12.5. The van der Waals surface area contributed by atoms with Crippen molar-refractivity contribution in [2.24, 2.45) is 5.73 Å². The van der Waals surface area contributed by atoms with Crippen LogP contribution in [0.3, 0.4) is 0 Å². The van der Waals surface area contributed by atoms with E-state index in [0.29, 0.717) is 12.1 Å². The zero-order chi connectivity index (χ0) is 6.85. The van der Waals surface area contributed by atoms with E-state index in [1.165, 1.54) is 6.08 Å². The first-order valence-electron chi connectivity index (χ1n) is 2.70. The Bertz CT molecular complexity index is 183. The highest BCUT2D eigenvalue weighted by molar-refractivity contribution is 9.11. The monoisotopic (exact) mass is 191 g/mol. The van der Waals surface area contributed by atoms with Crippen LogP contribution in [0.2, 0.25) is 0 Å². The molecule has 0 aromatic rings. The molecule has 0 saturated carbocycles. The van der Waals surface area contributed by atoms with Crippen molar-refractivity contribution in [3.8, 4) is 0 Å². The van der Waals surface area contributed by atoms with E-state index in [4.69, 9.17) is 5.73 Å². The molecule has 0 amide bonds. The molecule has 1 nitrogen and oxygen atoms in total. The van der Waals surface area contributed by atoms with Crippen molar-refractivity contribution in [1.29, 1.82) is 0 Å². The smallest absolute Gasteiger partial charge is 0.142 e. The summed E-state index contributed by atoms with van der Waals surface area (Å²) in [7, 11) is 0. The van der Waals surface area contributed by atoms with Gasteiger partial charge in [-0.15, -0.1) is 0 Å². The third kappa shape index (κ3) is 1.55. The van der Waals surface area contributed by atoms with Crippen LogP contribution in [-0.2, 0) is 0 Å². The molecule has 0 heterocycles. The summed E-state index contributed by atoms with van der Waals surface area (Å²) in [4.78, 5) is 0. The van der Waals surface area contributed by atoms with Crippen LogP contribution >= 0.6 is 15.9 Å². The Morgan fingerprint density at radius 1 is 1.56 bits per heavy atom. The zero-order valence-corrected chi connectivity index (χ0v) is 6.41. The van der Waals surface area contributed by atoms with Gasteiger partial charge < -0.3 is 5.73 Å². The topological polar surface area (TPSA) is 26.0 Å². The maximum Gasteiger partial charge on any atom is 0.142 e. The lowest BCUT2D eigenvalue weighted by Gasteiger charge is -2.07. The lowest BCUT2D eigenvalue weighted by atomic mass is 10.1. The first-order valence-corrected chi connectivity index (χ1v) is 3.49. The predicted molar refractivity (Wildman–Crippen MR) is 38.6 cm³/mol. The molecule has 9 heavy (non-hydrogen) atoms. The van der Waals surface area contributed by atoms with Crippen LogP contribution in [0.1, 0.15) is 12.8 Å². The van der Waals surface area contributed by atoms with Crippen molar-refractivity contribution >= 4 is 15.9 Å². The van der Waals surface area contributed by atoms with E-state index in [1.807, 2.05) is 0 Å². The fourth-order valence-electron chi connectivity index (χ4n) is 0.676. The SMILES string of the molecule is NC1=C(F)C=C(Br)CC1.